The van der Waals surface area contributed by atoms with Crippen molar-refractivity contribution in [3.05, 3.63) is 71.8 Å². The summed E-state index contributed by atoms with van der Waals surface area (Å²) in [6.07, 6.45) is 0. The van der Waals surface area contributed by atoms with Crippen molar-refractivity contribution < 1.29 is 5.11 Å². The SMILES string of the molecule is C[C@@H](N)C(O)(c1ccccc1)c1ccccc1.Cl. The molecule has 3 N–H and O–H groups in total. The van der Waals surface area contributed by atoms with E-state index in [4.69, 9.17) is 5.73 Å². The van der Waals surface area contributed by atoms with Gasteiger partial charge in [-0.05, 0) is 18.1 Å². The first kappa shape index (κ1) is 14.7. The van der Waals surface area contributed by atoms with Crippen molar-refractivity contribution in [2.24, 2.45) is 5.73 Å². The van der Waals surface area contributed by atoms with Crippen molar-refractivity contribution in [1.29, 1.82) is 0 Å². The molecule has 96 valence electrons. The molecule has 2 nitrogen and oxygen atoms in total. The van der Waals surface area contributed by atoms with E-state index in [1.165, 1.54) is 0 Å². The van der Waals surface area contributed by atoms with Crippen LogP contribution >= 0.6 is 12.4 Å². The zero-order chi connectivity index (χ0) is 12.3. The van der Waals surface area contributed by atoms with Crippen molar-refractivity contribution in [3.8, 4) is 0 Å². The van der Waals surface area contributed by atoms with Gasteiger partial charge in [0, 0.05) is 6.04 Å². The zero-order valence-electron chi connectivity index (χ0n) is 10.3. The number of hydrogen-bond acceptors (Lipinski definition) is 2. The summed E-state index contributed by atoms with van der Waals surface area (Å²) in [6.45, 7) is 1.82. The van der Waals surface area contributed by atoms with Gasteiger partial charge in [0.25, 0.3) is 0 Å². The Kier molecular flexibility index (Phi) is 4.91. The molecule has 0 aromatic heterocycles. The third kappa shape index (κ3) is 2.56. The van der Waals surface area contributed by atoms with Gasteiger partial charge in [-0.1, -0.05) is 60.7 Å². The maximum atomic E-state index is 10.9. The molecule has 0 spiro atoms. The Hall–Kier alpha value is -1.35. The van der Waals surface area contributed by atoms with E-state index in [2.05, 4.69) is 0 Å². The molecule has 2 rings (SSSR count). The molecule has 0 heterocycles. The van der Waals surface area contributed by atoms with Crippen LogP contribution in [0, 0.1) is 0 Å². The van der Waals surface area contributed by atoms with Crippen LogP contribution in [0.1, 0.15) is 18.1 Å². The van der Waals surface area contributed by atoms with Crippen LogP contribution in [0.25, 0.3) is 0 Å². The van der Waals surface area contributed by atoms with Crippen molar-refractivity contribution in [3.63, 3.8) is 0 Å². The standard InChI is InChI=1S/C15H17NO.ClH/c1-12(16)15(17,13-8-4-2-5-9-13)14-10-6-3-7-11-14;/h2-12,17H,16H2,1H3;1H/t12-;/m1./s1. The molecule has 0 fully saturated rings. The maximum absolute atomic E-state index is 10.9. The average Bonchev–Trinajstić information content (AvgIpc) is 2.39. The number of hydrogen-bond donors (Lipinski definition) is 2. The Labute approximate surface area is 114 Å². The minimum absolute atomic E-state index is 0. The Balaban J connectivity index is 0.00000162. The molecule has 0 saturated carbocycles. The molecule has 0 saturated heterocycles. The van der Waals surface area contributed by atoms with Gasteiger partial charge in [-0.3, -0.25) is 0 Å². The van der Waals surface area contributed by atoms with Crippen LogP contribution in [0.5, 0.6) is 0 Å². The van der Waals surface area contributed by atoms with E-state index in [1.807, 2.05) is 67.6 Å². The third-order valence-electron chi connectivity index (χ3n) is 3.09. The lowest BCUT2D eigenvalue weighted by molar-refractivity contribution is 0.0579. The molecule has 2 aromatic carbocycles. The first-order valence-corrected chi connectivity index (χ1v) is 5.74. The van der Waals surface area contributed by atoms with Crippen LogP contribution in [0.2, 0.25) is 0 Å². The predicted octanol–water partition coefficient (Wildman–Crippen LogP) is 2.69. The second kappa shape index (κ2) is 6.01. The first-order chi connectivity index (χ1) is 8.15. The Bertz CT molecular complexity index is 431. The fraction of sp³-hybridized carbons (Fsp3) is 0.200. The summed E-state index contributed by atoms with van der Waals surface area (Å²) in [5.41, 5.74) is 6.49. The van der Waals surface area contributed by atoms with Crippen LogP contribution in [0.15, 0.2) is 60.7 Å². The quantitative estimate of drug-likeness (QED) is 0.894. The smallest absolute Gasteiger partial charge is 0.129 e. The highest BCUT2D eigenvalue weighted by Crippen LogP contribution is 2.31. The molecule has 0 amide bonds. The second-order valence-electron chi connectivity index (χ2n) is 4.29. The first-order valence-electron chi connectivity index (χ1n) is 5.74. The molecule has 18 heavy (non-hydrogen) atoms. The number of rotatable bonds is 3. The van der Waals surface area contributed by atoms with E-state index in [-0.39, 0.29) is 18.4 Å². The molecule has 2 aromatic rings. The van der Waals surface area contributed by atoms with Crippen molar-refractivity contribution in [2.75, 3.05) is 0 Å². The van der Waals surface area contributed by atoms with Gasteiger partial charge in [0.15, 0.2) is 0 Å². The maximum Gasteiger partial charge on any atom is 0.129 e. The second-order valence-corrected chi connectivity index (χ2v) is 4.29. The molecule has 0 radical (unpaired) electrons. The van der Waals surface area contributed by atoms with Crippen LogP contribution in [0.4, 0.5) is 0 Å². The predicted molar refractivity (Wildman–Crippen MR) is 76.8 cm³/mol. The summed E-state index contributed by atoms with van der Waals surface area (Å²) < 4.78 is 0. The number of benzene rings is 2. The molecule has 1 atom stereocenters. The molecule has 0 aliphatic heterocycles. The highest BCUT2D eigenvalue weighted by atomic mass is 35.5. The van der Waals surface area contributed by atoms with E-state index >= 15 is 0 Å². The number of halogens is 1. The molecule has 0 unspecified atom stereocenters. The van der Waals surface area contributed by atoms with Gasteiger partial charge in [0.2, 0.25) is 0 Å². The molecule has 0 aliphatic rings. The molecule has 0 bridgehead atoms. The van der Waals surface area contributed by atoms with Gasteiger partial charge in [0.1, 0.15) is 5.60 Å². The minimum atomic E-state index is -1.14. The monoisotopic (exact) mass is 263 g/mol. The van der Waals surface area contributed by atoms with Crippen molar-refractivity contribution in [2.45, 2.75) is 18.6 Å². The van der Waals surface area contributed by atoms with Crippen LogP contribution in [0.3, 0.4) is 0 Å². The fourth-order valence-corrected chi connectivity index (χ4v) is 2.08. The molecular formula is C15H18ClNO. The highest BCUT2D eigenvalue weighted by molar-refractivity contribution is 5.85. The van der Waals surface area contributed by atoms with Crippen molar-refractivity contribution in [1.82, 2.24) is 0 Å². The van der Waals surface area contributed by atoms with Gasteiger partial charge in [-0.25, -0.2) is 0 Å². The van der Waals surface area contributed by atoms with Crippen LogP contribution in [-0.2, 0) is 5.60 Å². The zero-order valence-corrected chi connectivity index (χ0v) is 11.1. The van der Waals surface area contributed by atoms with E-state index < -0.39 is 5.60 Å². The topological polar surface area (TPSA) is 46.2 Å². The van der Waals surface area contributed by atoms with Gasteiger partial charge in [0.05, 0.1) is 0 Å². The Morgan fingerprint density at radius 2 is 1.22 bits per heavy atom. The normalized spacial score (nSPS) is 12.6. The number of nitrogens with two attached hydrogens (primary N) is 1. The Morgan fingerprint density at radius 1 is 0.889 bits per heavy atom. The molecule has 3 heteroatoms. The van der Waals surface area contributed by atoms with E-state index in [0.717, 1.165) is 11.1 Å². The van der Waals surface area contributed by atoms with Crippen LogP contribution in [-0.4, -0.2) is 11.1 Å². The summed E-state index contributed by atoms with van der Waals surface area (Å²) in [7, 11) is 0. The summed E-state index contributed by atoms with van der Waals surface area (Å²) in [5.74, 6) is 0. The average molecular weight is 264 g/mol. The van der Waals surface area contributed by atoms with Gasteiger partial charge < -0.3 is 10.8 Å². The lowest BCUT2D eigenvalue weighted by Gasteiger charge is -2.33. The van der Waals surface area contributed by atoms with Gasteiger partial charge in [-0.2, -0.15) is 0 Å². The van der Waals surface area contributed by atoms with Gasteiger partial charge in [-0.15, -0.1) is 12.4 Å². The summed E-state index contributed by atoms with van der Waals surface area (Å²) in [6, 6.07) is 18.7. The number of aliphatic hydroxyl groups is 1. The van der Waals surface area contributed by atoms with E-state index in [9.17, 15) is 5.11 Å². The molecule has 0 aliphatic carbocycles. The third-order valence-corrected chi connectivity index (χ3v) is 3.09. The van der Waals surface area contributed by atoms with Gasteiger partial charge >= 0.3 is 0 Å². The highest BCUT2D eigenvalue weighted by Gasteiger charge is 2.35. The minimum Gasteiger partial charge on any atom is -0.379 e. The summed E-state index contributed by atoms with van der Waals surface area (Å²) in [4.78, 5) is 0. The summed E-state index contributed by atoms with van der Waals surface area (Å²) >= 11 is 0. The largest absolute Gasteiger partial charge is 0.379 e. The van der Waals surface area contributed by atoms with Crippen LogP contribution < -0.4 is 5.73 Å². The Morgan fingerprint density at radius 3 is 1.50 bits per heavy atom. The van der Waals surface area contributed by atoms with E-state index in [1.54, 1.807) is 0 Å². The lowest BCUT2D eigenvalue weighted by Crippen LogP contribution is -2.44. The molecular weight excluding hydrogens is 246 g/mol. The van der Waals surface area contributed by atoms with E-state index in [0.29, 0.717) is 0 Å². The summed E-state index contributed by atoms with van der Waals surface area (Å²) in [5, 5.41) is 10.9. The van der Waals surface area contributed by atoms with Crippen molar-refractivity contribution >= 4 is 12.4 Å². The lowest BCUT2D eigenvalue weighted by atomic mass is 9.81. The fourth-order valence-electron chi connectivity index (χ4n) is 2.08.